The minimum Gasteiger partial charge on any atom is -0.462 e. The fourth-order valence-electron chi connectivity index (χ4n) is 7.96. The van der Waals surface area contributed by atoms with E-state index in [4.69, 9.17) is 14.2 Å². The highest BCUT2D eigenvalue weighted by atomic mass is 16.6. The minimum atomic E-state index is -0.812. The van der Waals surface area contributed by atoms with Crippen LogP contribution in [0.4, 0.5) is 0 Å². The molecule has 0 saturated heterocycles. The summed E-state index contributed by atoms with van der Waals surface area (Å²) in [5, 5.41) is 0. The van der Waals surface area contributed by atoms with Crippen LogP contribution in [0.15, 0.2) is 109 Å². The predicted octanol–water partition coefficient (Wildman–Crippen LogP) is 19.9. The SMILES string of the molecule is CC/C=C\C/C=C\C/C=C\C/C=C\C/C=C\CCCC(=O)OCC(COC(=O)CCCCCCC\C=C/C=C\C=C/C=C\CCCCC)OC(=O)CCCCCCCCCCCCCCCCCCCC. The van der Waals surface area contributed by atoms with Gasteiger partial charge in [0.05, 0.1) is 0 Å². The van der Waals surface area contributed by atoms with Gasteiger partial charge in [-0.3, -0.25) is 14.4 Å². The zero-order chi connectivity index (χ0) is 51.4. The van der Waals surface area contributed by atoms with Crippen LogP contribution in [0.1, 0.15) is 265 Å². The third kappa shape index (κ3) is 56.9. The van der Waals surface area contributed by atoms with Crippen molar-refractivity contribution in [3.05, 3.63) is 109 Å². The molecule has 0 amide bonds. The smallest absolute Gasteiger partial charge is 0.306 e. The van der Waals surface area contributed by atoms with E-state index in [1.54, 1.807) is 0 Å². The molecule has 6 nitrogen and oxygen atoms in total. The van der Waals surface area contributed by atoms with E-state index in [1.165, 1.54) is 116 Å². The molecule has 0 saturated carbocycles. The number of hydrogen-bond donors (Lipinski definition) is 0. The number of carbonyl (C=O) groups is 3. The predicted molar refractivity (Wildman–Crippen MR) is 307 cm³/mol. The number of allylic oxidation sites excluding steroid dienone is 18. The van der Waals surface area contributed by atoms with E-state index in [0.29, 0.717) is 19.3 Å². The number of esters is 3. The van der Waals surface area contributed by atoms with Crippen molar-refractivity contribution in [1.82, 2.24) is 0 Å². The summed E-state index contributed by atoms with van der Waals surface area (Å²) in [7, 11) is 0. The molecular formula is C65H108O6. The molecule has 1 unspecified atom stereocenters. The molecule has 0 fully saturated rings. The lowest BCUT2D eigenvalue weighted by Crippen LogP contribution is -2.30. The molecule has 0 aromatic carbocycles. The first kappa shape index (κ1) is 67.1. The van der Waals surface area contributed by atoms with Gasteiger partial charge in [0.1, 0.15) is 13.2 Å². The molecule has 0 aromatic heterocycles. The van der Waals surface area contributed by atoms with Gasteiger partial charge in [-0.2, -0.15) is 0 Å². The van der Waals surface area contributed by atoms with Gasteiger partial charge >= 0.3 is 17.9 Å². The molecule has 6 heteroatoms. The molecule has 0 heterocycles. The number of hydrogen-bond acceptors (Lipinski definition) is 6. The summed E-state index contributed by atoms with van der Waals surface area (Å²) >= 11 is 0. The van der Waals surface area contributed by atoms with Crippen LogP contribution in [0.3, 0.4) is 0 Å². The molecule has 71 heavy (non-hydrogen) atoms. The number of rotatable bonds is 52. The van der Waals surface area contributed by atoms with Gasteiger partial charge in [-0.15, -0.1) is 0 Å². The average molecular weight is 986 g/mol. The van der Waals surface area contributed by atoms with Gasteiger partial charge in [0.15, 0.2) is 6.10 Å². The normalized spacial score (nSPS) is 12.9. The molecular weight excluding hydrogens is 877 g/mol. The Morgan fingerprint density at radius 2 is 0.620 bits per heavy atom. The third-order valence-corrected chi connectivity index (χ3v) is 12.4. The fraction of sp³-hybridized carbons (Fsp3) is 0.677. The topological polar surface area (TPSA) is 78.9 Å². The summed E-state index contributed by atoms with van der Waals surface area (Å²) in [5.74, 6) is -0.983. The fourth-order valence-corrected chi connectivity index (χ4v) is 7.96. The summed E-state index contributed by atoms with van der Waals surface area (Å²) in [6.45, 7) is 6.43. The van der Waals surface area contributed by atoms with Crippen molar-refractivity contribution >= 4 is 17.9 Å². The van der Waals surface area contributed by atoms with E-state index in [-0.39, 0.29) is 37.5 Å². The van der Waals surface area contributed by atoms with E-state index in [2.05, 4.69) is 130 Å². The number of unbranched alkanes of at least 4 members (excludes halogenated alkanes) is 26. The van der Waals surface area contributed by atoms with E-state index >= 15 is 0 Å². The van der Waals surface area contributed by atoms with Gasteiger partial charge in [0.25, 0.3) is 0 Å². The second-order valence-electron chi connectivity index (χ2n) is 19.3. The first-order valence-electron chi connectivity index (χ1n) is 29.4. The van der Waals surface area contributed by atoms with Crippen LogP contribution in [0.25, 0.3) is 0 Å². The Balaban J connectivity index is 4.51. The van der Waals surface area contributed by atoms with Gasteiger partial charge in [0, 0.05) is 19.3 Å². The summed E-state index contributed by atoms with van der Waals surface area (Å²) in [4.78, 5) is 38.2. The van der Waals surface area contributed by atoms with Crippen LogP contribution in [0.2, 0.25) is 0 Å². The Bertz CT molecular complexity index is 1460. The second kappa shape index (κ2) is 58.6. The van der Waals surface area contributed by atoms with Crippen LogP contribution in [0, 0.1) is 0 Å². The lowest BCUT2D eigenvalue weighted by molar-refractivity contribution is -0.167. The Labute approximate surface area is 438 Å². The number of ether oxygens (including phenoxy) is 3. The van der Waals surface area contributed by atoms with Gasteiger partial charge in [0.2, 0.25) is 0 Å². The molecule has 1 atom stereocenters. The van der Waals surface area contributed by atoms with E-state index in [9.17, 15) is 14.4 Å². The highest BCUT2D eigenvalue weighted by molar-refractivity contribution is 5.71. The largest absolute Gasteiger partial charge is 0.462 e. The maximum Gasteiger partial charge on any atom is 0.306 e. The third-order valence-electron chi connectivity index (χ3n) is 12.4. The van der Waals surface area contributed by atoms with Crippen molar-refractivity contribution in [1.29, 1.82) is 0 Å². The molecule has 0 spiro atoms. The number of carbonyl (C=O) groups excluding carboxylic acids is 3. The van der Waals surface area contributed by atoms with E-state index in [1.807, 2.05) is 0 Å². The zero-order valence-electron chi connectivity index (χ0n) is 46.2. The van der Waals surface area contributed by atoms with Gasteiger partial charge in [-0.05, 0) is 83.5 Å². The monoisotopic (exact) mass is 985 g/mol. The molecule has 404 valence electrons. The maximum absolute atomic E-state index is 12.9. The van der Waals surface area contributed by atoms with Crippen LogP contribution < -0.4 is 0 Å². The lowest BCUT2D eigenvalue weighted by Gasteiger charge is -2.18. The van der Waals surface area contributed by atoms with Gasteiger partial charge in [-0.25, -0.2) is 0 Å². The van der Waals surface area contributed by atoms with Crippen molar-refractivity contribution in [3.8, 4) is 0 Å². The molecule has 0 aliphatic heterocycles. The van der Waals surface area contributed by atoms with Crippen molar-refractivity contribution in [2.75, 3.05) is 13.2 Å². The van der Waals surface area contributed by atoms with Crippen LogP contribution in [-0.2, 0) is 28.6 Å². The Morgan fingerprint density at radius 1 is 0.310 bits per heavy atom. The highest BCUT2D eigenvalue weighted by Crippen LogP contribution is 2.16. The maximum atomic E-state index is 12.9. The Morgan fingerprint density at radius 3 is 1.06 bits per heavy atom. The molecule has 0 aromatic rings. The summed E-state index contributed by atoms with van der Waals surface area (Å²) in [6, 6.07) is 0. The van der Waals surface area contributed by atoms with Crippen molar-refractivity contribution in [2.45, 2.75) is 271 Å². The summed E-state index contributed by atoms with van der Waals surface area (Å²) in [5.41, 5.74) is 0. The quantitative estimate of drug-likeness (QED) is 0.0199. The molecule has 0 bridgehead atoms. The average Bonchev–Trinajstić information content (AvgIpc) is 3.37. The van der Waals surface area contributed by atoms with Crippen LogP contribution in [-0.4, -0.2) is 37.2 Å². The first-order valence-corrected chi connectivity index (χ1v) is 29.4. The van der Waals surface area contributed by atoms with Crippen molar-refractivity contribution < 1.29 is 28.6 Å². The van der Waals surface area contributed by atoms with E-state index in [0.717, 1.165) is 103 Å². The molecule has 0 rings (SSSR count). The van der Waals surface area contributed by atoms with Crippen molar-refractivity contribution in [3.63, 3.8) is 0 Å². The Kier molecular flexibility index (Phi) is 55.4. The van der Waals surface area contributed by atoms with E-state index < -0.39 is 6.10 Å². The molecule has 0 aliphatic rings. The lowest BCUT2D eigenvalue weighted by atomic mass is 10.0. The highest BCUT2D eigenvalue weighted by Gasteiger charge is 2.19. The summed E-state index contributed by atoms with van der Waals surface area (Å²) in [6.07, 6.45) is 79.4. The molecule has 0 radical (unpaired) electrons. The van der Waals surface area contributed by atoms with Crippen LogP contribution in [0.5, 0.6) is 0 Å². The van der Waals surface area contributed by atoms with Crippen LogP contribution >= 0.6 is 0 Å². The zero-order valence-corrected chi connectivity index (χ0v) is 46.2. The second-order valence-corrected chi connectivity index (χ2v) is 19.3. The van der Waals surface area contributed by atoms with Gasteiger partial charge in [-0.1, -0.05) is 271 Å². The van der Waals surface area contributed by atoms with Gasteiger partial charge < -0.3 is 14.2 Å². The first-order chi connectivity index (χ1) is 35.0. The van der Waals surface area contributed by atoms with Crippen molar-refractivity contribution in [2.24, 2.45) is 0 Å². The molecule has 0 aliphatic carbocycles. The minimum absolute atomic E-state index is 0.108. The summed E-state index contributed by atoms with van der Waals surface area (Å²) < 4.78 is 16.8. The molecule has 0 N–H and O–H groups in total. The standard InChI is InChI=1S/C65H108O6/c1-4-7-10-13-16-19-22-25-28-31-34-37-40-43-46-49-52-55-58-64(67)70-61-62(60-69-63(66)57-54-51-48-45-42-39-36-33-30-27-24-21-18-15-12-9-6-3)71-65(68)59-56-53-50-47-44-41-38-35-32-29-26-23-20-17-14-11-8-5-2/h9,12,16,18-19,21-22,25,27-28,30-31,34,36-37,39,45,48,62H,4-8,10-11,13-15,17,20,23-24,26,29,32-33,35,38,40-44,46-47,49-61H2,1-3H3/b12-9-,19-16-,21-18-,25-22-,30-27-,31-28-,37-34-,39-36-,48-45-. The Hall–Kier alpha value is -3.93.